The lowest BCUT2D eigenvalue weighted by Gasteiger charge is -2.07. The Morgan fingerprint density at radius 3 is 2.59 bits per heavy atom. The molecule has 0 amide bonds. The van der Waals surface area contributed by atoms with Crippen LogP contribution in [0.4, 0.5) is 11.5 Å². The molecule has 3 rings (SSSR count). The average molecular weight is 223 g/mol. The second-order valence-corrected chi connectivity index (χ2v) is 3.48. The van der Waals surface area contributed by atoms with Crippen LogP contribution in [0.2, 0.25) is 0 Å². The summed E-state index contributed by atoms with van der Waals surface area (Å²) in [4.78, 5) is 16.4. The highest BCUT2D eigenvalue weighted by Gasteiger charge is 2.02. The van der Waals surface area contributed by atoms with Gasteiger partial charge in [0.2, 0.25) is 0 Å². The van der Waals surface area contributed by atoms with Crippen molar-refractivity contribution in [3.8, 4) is 0 Å². The van der Waals surface area contributed by atoms with Gasteiger partial charge in [-0.15, -0.1) is 0 Å². The van der Waals surface area contributed by atoms with Crippen LogP contribution in [0.3, 0.4) is 0 Å². The third-order valence-electron chi connectivity index (χ3n) is 2.38. The third kappa shape index (κ3) is 1.90. The highest BCUT2D eigenvalue weighted by Crippen LogP contribution is 2.21. The Balaban J connectivity index is 2.06. The van der Waals surface area contributed by atoms with E-state index in [4.69, 9.17) is 0 Å². The molecule has 0 aliphatic carbocycles. The second-order valence-electron chi connectivity index (χ2n) is 3.48. The van der Waals surface area contributed by atoms with Crippen LogP contribution in [0.25, 0.3) is 10.9 Å². The Labute approximate surface area is 97.6 Å². The fourth-order valence-electron chi connectivity index (χ4n) is 1.58. The highest BCUT2D eigenvalue weighted by molar-refractivity contribution is 5.89. The van der Waals surface area contributed by atoms with Crippen LogP contribution in [-0.4, -0.2) is 19.9 Å². The zero-order valence-corrected chi connectivity index (χ0v) is 8.91. The summed E-state index contributed by atoms with van der Waals surface area (Å²) in [6.07, 6.45) is 8.42. The van der Waals surface area contributed by atoms with Crippen LogP contribution < -0.4 is 5.32 Å². The van der Waals surface area contributed by atoms with Crippen LogP contribution in [0.15, 0.2) is 49.3 Å². The first kappa shape index (κ1) is 9.65. The van der Waals surface area contributed by atoms with Gasteiger partial charge < -0.3 is 5.32 Å². The Hall–Kier alpha value is -2.56. The smallest absolute Gasteiger partial charge is 0.141 e. The van der Waals surface area contributed by atoms with Gasteiger partial charge in [-0.1, -0.05) is 0 Å². The molecule has 0 atom stereocenters. The van der Waals surface area contributed by atoms with Crippen LogP contribution in [0, 0.1) is 0 Å². The van der Waals surface area contributed by atoms with Gasteiger partial charge in [-0.3, -0.25) is 9.97 Å². The summed E-state index contributed by atoms with van der Waals surface area (Å²) in [6, 6.07) is 5.66. The number of nitrogens with zero attached hydrogens (tertiary/aromatic N) is 4. The number of anilines is 2. The molecule has 0 spiro atoms. The first-order valence-corrected chi connectivity index (χ1v) is 5.15. The van der Waals surface area contributed by atoms with E-state index in [0.29, 0.717) is 0 Å². The van der Waals surface area contributed by atoms with Crippen molar-refractivity contribution in [2.24, 2.45) is 0 Å². The highest BCUT2D eigenvalue weighted by atomic mass is 15.0. The van der Waals surface area contributed by atoms with Gasteiger partial charge in [0.15, 0.2) is 0 Å². The van der Waals surface area contributed by atoms with Gasteiger partial charge in [0.1, 0.15) is 12.1 Å². The van der Waals surface area contributed by atoms with Crippen molar-refractivity contribution in [1.82, 2.24) is 19.9 Å². The summed E-state index contributed by atoms with van der Waals surface area (Å²) in [5.41, 5.74) is 1.76. The molecule has 0 fully saturated rings. The predicted molar refractivity (Wildman–Crippen MR) is 64.9 cm³/mol. The minimum absolute atomic E-state index is 0.767. The number of pyridine rings is 2. The van der Waals surface area contributed by atoms with Crippen molar-refractivity contribution in [3.05, 3.63) is 49.3 Å². The summed E-state index contributed by atoms with van der Waals surface area (Å²) in [6.45, 7) is 0. The Kier molecular flexibility index (Phi) is 2.34. The van der Waals surface area contributed by atoms with Crippen molar-refractivity contribution >= 4 is 22.4 Å². The maximum absolute atomic E-state index is 4.23. The van der Waals surface area contributed by atoms with E-state index in [2.05, 4.69) is 25.3 Å². The van der Waals surface area contributed by atoms with Crippen molar-refractivity contribution < 1.29 is 0 Å². The average Bonchev–Trinajstić information content (AvgIpc) is 2.40. The standard InChI is InChI=1S/C12H9N5/c1-4-13-5-2-9(1)17-12-10-3-6-14-7-11(10)15-8-16-12/h1-8H,(H,13,15,16,17). The SMILES string of the molecule is c1cc(Nc2ncnc3cnccc23)ccn1. The monoisotopic (exact) mass is 223 g/mol. The molecule has 17 heavy (non-hydrogen) atoms. The van der Waals surface area contributed by atoms with Crippen molar-refractivity contribution in [2.45, 2.75) is 0 Å². The lowest BCUT2D eigenvalue weighted by atomic mass is 10.3. The van der Waals surface area contributed by atoms with Crippen LogP contribution >= 0.6 is 0 Å². The van der Waals surface area contributed by atoms with E-state index in [-0.39, 0.29) is 0 Å². The van der Waals surface area contributed by atoms with E-state index in [1.807, 2.05) is 18.2 Å². The molecule has 5 heteroatoms. The molecule has 3 heterocycles. The van der Waals surface area contributed by atoms with Gasteiger partial charge in [0, 0.05) is 29.7 Å². The zero-order valence-electron chi connectivity index (χ0n) is 8.91. The summed E-state index contributed by atoms with van der Waals surface area (Å²) in [5.74, 6) is 0.767. The van der Waals surface area contributed by atoms with Gasteiger partial charge in [0.25, 0.3) is 0 Å². The van der Waals surface area contributed by atoms with Gasteiger partial charge in [-0.25, -0.2) is 9.97 Å². The molecule has 82 valence electrons. The number of aromatic nitrogens is 4. The zero-order chi connectivity index (χ0) is 11.5. The minimum atomic E-state index is 0.767. The Bertz CT molecular complexity index is 633. The molecule has 0 aliphatic heterocycles. The lowest BCUT2D eigenvalue weighted by Crippen LogP contribution is -1.96. The normalized spacial score (nSPS) is 10.4. The van der Waals surface area contributed by atoms with Gasteiger partial charge in [0.05, 0.1) is 11.7 Å². The number of hydrogen-bond acceptors (Lipinski definition) is 5. The summed E-state index contributed by atoms with van der Waals surface area (Å²) in [7, 11) is 0. The molecule has 0 radical (unpaired) electrons. The second kappa shape index (κ2) is 4.13. The maximum atomic E-state index is 4.23. The molecule has 0 aliphatic rings. The quantitative estimate of drug-likeness (QED) is 0.721. The van der Waals surface area contributed by atoms with E-state index in [1.54, 1.807) is 24.8 Å². The van der Waals surface area contributed by atoms with E-state index < -0.39 is 0 Å². The predicted octanol–water partition coefficient (Wildman–Crippen LogP) is 2.16. The van der Waals surface area contributed by atoms with Gasteiger partial charge in [-0.05, 0) is 18.2 Å². The van der Waals surface area contributed by atoms with E-state index >= 15 is 0 Å². The number of hydrogen-bond donors (Lipinski definition) is 1. The Morgan fingerprint density at radius 1 is 0.882 bits per heavy atom. The van der Waals surface area contributed by atoms with Crippen LogP contribution in [0.1, 0.15) is 0 Å². The van der Waals surface area contributed by atoms with Crippen LogP contribution in [0.5, 0.6) is 0 Å². The molecular formula is C12H9N5. The third-order valence-corrected chi connectivity index (χ3v) is 2.38. The number of fused-ring (bicyclic) bond motifs is 1. The molecule has 0 unspecified atom stereocenters. The molecule has 0 saturated heterocycles. The fourth-order valence-corrected chi connectivity index (χ4v) is 1.58. The molecule has 3 aromatic rings. The number of nitrogens with one attached hydrogen (secondary N) is 1. The molecular weight excluding hydrogens is 214 g/mol. The molecule has 0 aromatic carbocycles. The lowest BCUT2D eigenvalue weighted by molar-refractivity contribution is 1.20. The molecule has 1 N–H and O–H groups in total. The summed E-state index contributed by atoms with van der Waals surface area (Å²) >= 11 is 0. The molecule has 0 bridgehead atoms. The summed E-state index contributed by atoms with van der Waals surface area (Å²) in [5, 5.41) is 4.17. The summed E-state index contributed by atoms with van der Waals surface area (Å²) < 4.78 is 0. The van der Waals surface area contributed by atoms with Gasteiger partial charge >= 0.3 is 0 Å². The number of rotatable bonds is 2. The van der Waals surface area contributed by atoms with Crippen molar-refractivity contribution in [3.63, 3.8) is 0 Å². The Morgan fingerprint density at radius 2 is 1.71 bits per heavy atom. The molecule has 5 nitrogen and oxygen atoms in total. The fraction of sp³-hybridized carbons (Fsp3) is 0. The topological polar surface area (TPSA) is 63.6 Å². The van der Waals surface area contributed by atoms with E-state index in [0.717, 1.165) is 22.4 Å². The van der Waals surface area contributed by atoms with E-state index in [9.17, 15) is 0 Å². The first-order valence-electron chi connectivity index (χ1n) is 5.15. The first-order chi connectivity index (χ1) is 8.43. The van der Waals surface area contributed by atoms with Crippen LogP contribution in [-0.2, 0) is 0 Å². The van der Waals surface area contributed by atoms with E-state index in [1.165, 1.54) is 6.33 Å². The maximum Gasteiger partial charge on any atom is 0.141 e. The van der Waals surface area contributed by atoms with Crippen molar-refractivity contribution in [2.75, 3.05) is 5.32 Å². The molecule has 0 saturated carbocycles. The largest absolute Gasteiger partial charge is 0.340 e. The van der Waals surface area contributed by atoms with Gasteiger partial charge in [-0.2, -0.15) is 0 Å². The molecule has 3 aromatic heterocycles. The minimum Gasteiger partial charge on any atom is -0.340 e. The van der Waals surface area contributed by atoms with Crippen molar-refractivity contribution in [1.29, 1.82) is 0 Å².